The second-order valence-electron chi connectivity index (χ2n) is 6.69. The Bertz CT molecular complexity index is 567. The molecule has 1 atom stereocenters. The third kappa shape index (κ3) is 4.25. The van der Waals surface area contributed by atoms with Crippen LogP contribution in [0.3, 0.4) is 0 Å². The zero-order valence-electron chi connectivity index (χ0n) is 15.0. The zero-order chi connectivity index (χ0) is 17.6. The molecule has 138 valence electrons. The summed E-state index contributed by atoms with van der Waals surface area (Å²) in [6.07, 6.45) is 1.77. The minimum absolute atomic E-state index is 0.0876. The summed E-state index contributed by atoms with van der Waals surface area (Å²) < 4.78 is 11.1. The van der Waals surface area contributed by atoms with E-state index in [1.807, 2.05) is 30.0 Å². The van der Waals surface area contributed by atoms with E-state index in [4.69, 9.17) is 15.2 Å². The molecule has 0 aliphatic carbocycles. The average Bonchev–Trinajstić information content (AvgIpc) is 2.68. The van der Waals surface area contributed by atoms with Gasteiger partial charge in [-0.05, 0) is 37.8 Å². The van der Waals surface area contributed by atoms with Crippen molar-refractivity contribution in [2.45, 2.75) is 25.8 Å². The molecule has 0 aromatic heterocycles. The first kappa shape index (κ1) is 18.0. The summed E-state index contributed by atoms with van der Waals surface area (Å²) in [5.74, 6) is 1.24. The molecule has 6 nitrogen and oxygen atoms in total. The highest BCUT2D eigenvalue weighted by Gasteiger charge is 2.31. The fourth-order valence-electron chi connectivity index (χ4n) is 3.65. The Labute approximate surface area is 149 Å². The maximum Gasteiger partial charge on any atom is 0.239 e. The maximum atomic E-state index is 12.7. The molecule has 2 N–H and O–H groups in total. The molecule has 2 aliphatic rings. The lowest BCUT2D eigenvalue weighted by atomic mass is 9.91. The van der Waals surface area contributed by atoms with Gasteiger partial charge in [0.05, 0.1) is 18.3 Å². The number of amides is 1. The minimum Gasteiger partial charge on any atom is -0.492 e. The van der Waals surface area contributed by atoms with Crippen molar-refractivity contribution in [1.29, 1.82) is 0 Å². The van der Waals surface area contributed by atoms with Crippen LogP contribution in [0.15, 0.2) is 24.3 Å². The van der Waals surface area contributed by atoms with Crippen LogP contribution in [-0.2, 0) is 9.53 Å². The van der Waals surface area contributed by atoms with Gasteiger partial charge in [0, 0.05) is 39.4 Å². The molecule has 0 bridgehead atoms. The van der Waals surface area contributed by atoms with Gasteiger partial charge in [0.15, 0.2) is 0 Å². The summed E-state index contributed by atoms with van der Waals surface area (Å²) >= 11 is 0. The number of hydrogen-bond acceptors (Lipinski definition) is 5. The van der Waals surface area contributed by atoms with Crippen LogP contribution < -0.4 is 15.4 Å². The van der Waals surface area contributed by atoms with E-state index in [1.54, 1.807) is 0 Å². The Morgan fingerprint density at radius 2 is 1.92 bits per heavy atom. The highest BCUT2D eigenvalue weighted by Crippen LogP contribution is 2.29. The number of para-hydroxylation sites is 2. The smallest absolute Gasteiger partial charge is 0.239 e. The van der Waals surface area contributed by atoms with Gasteiger partial charge in [0.2, 0.25) is 5.91 Å². The number of nitrogens with two attached hydrogens (primary N) is 1. The number of carbonyl (C=O) groups excluding carboxylic acids is 1. The quantitative estimate of drug-likeness (QED) is 0.874. The molecule has 0 saturated carbocycles. The molecule has 2 saturated heterocycles. The Morgan fingerprint density at radius 3 is 2.60 bits per heavy atom. The third-order valence-corrected chi connectivity index (χ3v) is 5.16. The molecule has 3 rings (SSSR count). The number of piperazine rings is 1. The van der Waals surface area contributed by atoms with Crippen molar-refractivity contribution in [3.63, 3.8) is 0 Å². The average molecular weight is 347 g/mol. The summed E-state index contributed by atoms with van der Waals surface area (Å²) in [6.45, 7) is 7.08. The van der Waals surface area contributed by atoms with Crippen molar-refractivity contribution in [3.05, 3.63) is 24.3 Å². The lowest BCUT2D eigenvalue weighted by Gasteiger charge is -2.39. The zero-order valence-corrected chi connectivity index (χ0v) is 15.0. The van der Waals surface area contributed by atoms with E-state index in [1.165, 1.54) is 0 Å². The van der Waals surface area contributed by atoms with Gasteiger partial charge in [0.1, 0.15) is 5.75 Å². The Morgan fingerprint density at radius 1 is 1.24 bits per heavy atom. The Balaban J connectivity index is 1.57. The second kappa shape index (κ2) is 8.54. The van der Waals surface area contributed by atoms with Crippen molar-refractivity contribution in [2.75, 3.05) is 50.9 Å². The van der Waals surface area contributed by atoms with Gasteiger partial charge in [-0.1, -0.05) is 12.1 Å². The number of carbonyl (C=O) groups is 1. The summed E-state index contributed by atoms with van der Waals surface area (Å²) in [6, 6.07) is 7.69. The molecule has 1 unspecified atom stereocenters. The first-order valence-electron chi connectivity index (χ1n) is 9.29. The standard InChI is InChI=1S/C19H29N3O3/c1-2-25-17-6-4-3-5-16(17)21-9-11-22(12-10-21)19(23)18(20)15-7-13-24-14-8-15/h3-6,15,18H,2,7-14,20H2,1H3. The number of ether oxygens (including phenoxy) is 2. The van der Waals surface area contributed by atoms with Crippen LogP contribution in [0.25, 0.3) is 0 Å². The highest BCUT2D eigenvalue weighted by atomic mass is 16.5. The van der Waals surface area contributed by atoms with Crippen molar-refractivity contribution in [2.24, 2.45) is 11.7 Å². The number of anilines is 1. The van der Waals surface area contributed by atoms with Gasteiger partial charge in [-0.25, -0.2) is 0 Å². The molecular formula is C19H29N3O3. The minimum atomic E-state index is -0.397. The van der Waals surface area contributed by atoms with Crippen molar-refractivity contribution in [1.82, 2.24) is 4.90 Å². The summed E-state index contributed by atoms with van der Waals surface area (Å²) in [5.41, 5.74) is 7.35. The van der Waals surface area contributed by atoms with E-state index in [0.717, 1.165) is 37.4 Å². The Hall–Kier alpha value is -1.79. The molecule has 2 fully saturated rings. The highest BCUT2D eigenvalue weighted by molar-refractivity contribution is 5.82. The summed E-state index contributed by atoms with van der Waals surface area (Å²) in [4.78, 5) is 16.9. The van der Waals surface area contributed by atoms with Gasteiger partial charge in [-0.3, -0.25) is 4.79 Å². The van der Waals surface area contributed by atoms with Gasteiger partial charge < -0.3 is 25.0 Å². The number of rotatable bonds is 5. The fraction of sp³-hybridized carbons (Fsp3) is 0.632. The monoisotopic (exact) mass is 347 g/mol. The van der Waals surface area contributed by atoms with Crippen LogP contribution in [0.4, 0.5) is 5.69 Å². The predicted octanol–water partition coefficient (Wildman–Crippen LogP) is 1.49. The van der Waals surface area contributed by atoms with E-state index in [9.17, 15) is 4.79 Å². The normalized spacial score (nSPS) is 20.4. The van der Waals surface area contributed by atoms with E-state index < -0.39 is 6.04 Å². The Kier molecular flexibility index (Phi) is 6.15. The molecule has 2 heterocycles. The SMILES string of the molecule is CCOc1ccccc1N1CCN(C(=O)C(N)C2CCOCC2)CC1. The molecular weight excluding hydrogens is 318 g/mol. The van der Waals surface area contributed by atoms with Gasteiger partial charge >= 0.3 is 0 Å². The molecule has 1 aromatic rings. The molecule has 1 aromatic carbocycles. The molecule has 2 aliphatic heterocycles. The maximum absolute atomic E-state index is 12.7. The van der Waals surface area contributed by atoms with Gasteiger partial charge in [-0.15, -0.1) is 0 Å². The molecule has 0 spiro atoms. The third-order valence-electron chi connectivity index (χ3n) is 5.16. The fourth-order valence-corrected chi connectivity index (χ4v) is 3.65. The van der Waals surface area contributed by atoms with Gasteiger partial charge in [-0.2, -0.15) is 0 Å². The number of nitrogens with zero attached hydrogens (tertiary/aromatic N) is 2. The van der Waals surface area contributed by atoms with Crippen LogP contribution in [0.1, 0.15) is 19.8 Å². The molecule has 25 heavy (non-hydrogen) atoms. The number of benzene rings is 1. The lowest BCUT2D eigenvalue weighted by molar-refractivity contribution is -0.135. The van der Waals surface area contributed by atoms with Crippen LogP contribution in [0.2, 0.25) is 0 Å². The van der Waals surface area contributed by atoms with Crippen LogP contribution in [0.5, 0.6) is 5.75 Å². The summed E-state index contributed by atoms with van der Waals surface area (Å²) in [7, 11) is 0. The van der Waals surface area contributed by atoms with Gasteiger partial charge in [0.25, 0.3) is 0 Å². The summed E-state index contributed by atoms with van der Waals surface area (Å²) in [5, 5.41) is 0. The lowest BCUT2D eigenvalue weighted by Crippen LogP contribution is -2.55. The largest absolute Gasteiger partial charge is 0.492 e. The van der Waals surface area contributed by atoms with Crippen molar-refractivity contribution in [3.8, 4) is 5.75 Å². The van der Waals surface area contributed by atoms with Crippen LogP contribution in [-0.4, -0.2) is 62.8 Å². The predicted molar refractivity (Wildman–Crippen MR) is 97.9 cm³/mol. The van der Waals surface area contributed by atoms with Crippen LogP contribution >= 0.6 is 0 Å². The van der Waals surface area contributed by atoms with Crippen molar-refractivity contribution >= 4 is 11.6 Å². The first-order valence-corrected chi connectivity index (χ1v) is 9.29. The number of hydrogen-bond donors (Lipinski definition) is 1. The first-order chi connectivity index (χ1) is 12.2. The van der Waals surface area contributed by atoms with E-state index in [2.05, 4.69) is 11.0 Å². The van der Waals surface area contributed by atoms with E-state index in [-0.39, 0.29) is 11.8 Å². The molecule has 1 amide bonds. The molecule has 0 radical (unpaired) electrons. The second-order valence-corrected chi connectivity index (χ2v) is 6.69. The molecule has 6 heteroatoms. The topological polar surface area (TPSA) is 68.0 Å². The van der Waals surface area contributed by atoms with Crippen LogP contribution in [0, 0.1) is 5.92 Å². The van der Waals surface area contributed by atoms with E-state index in [0.29, 0.717) is 32.9 Å². The van der Waals surface area contributed by atoms with E-state index >= 15 is 0 Å². The van der Waals surface area contributed by atoms with Crippen molar-refractivity contribution < 1.29 is 14.3 Å².